The number of H-pyrrole nitrogens is 1. The van der Waals surface area contributed by atoms with Crippen molar-refractivity contribution >= 4 is 21.7 Å². The maximum atomic E-state index is 12.3. The van der Waals surface area contributed by atoms with Gasteiger partial charge in [-0.3, -0.25) is 5.10 Å². The molecule has 1 saturated carbocycles. The van der Waals surface area contributed by atoms with Crippen LogP contribution >= 0.6 is 0 Å². The Morgan fingerprint density at radius 2 is 2.17 bits per heavy atom. The molecule has 9 nitrogen and oxygen atoms in total. The van der Waals surface area contributed by atoms with Crippen molar-refractivity contribution in [2.45, 2.75) is 23.7 Å². The summed E-state index contributed by atoms with van der Waals surface area (Å²) in [6, 6.07) is 8.17. The second-order valence-electron chi connectivity index (χ2n) is 6.86. The lowest BCUT2D eigenvalue weighted by Gasteiger charge is -2.09. The molecule has 2 heterocycles. The first kappa shape index (κ1) is 20.0. The average Bonchev–Trinajstić information content (AvgIpc) is 3.51. The summed E-state index contributed by atoms with van der Waals surface area (Å²) < 4.78 is 27.0. The van der Waals surface area contributed by atoms with E-state index in [0.29, 0.717) is 34.5 Å². The SMILES string of the molecule is C#Cc1cnc(-c2cccc(S(=O)(=O)NCCO)c2)nc1Nc1cc(C2CC2)[nH]n1.[HH].[HH].[HH].[HH]. The van der Waals surface area contributed by atoms with Gasteiger partial charge in [-0.25, -0.2) is 23.1 Å². The molecule has 10 heteroatoms. The fourth-order valence-electron chi connectivity index (χ4n) is 2.91. The highest BCUT2D eigenvalue weighted by Crippen LogP contribution is 2.39. The van der Waals surface area contributed by atoms with E-state index >= 15 is 0 Å². The van der Waals surface area contributed by atoms with E-state index in [9.17, 15) is 8.42 Å². The number of sulfonamides is 1. The van der Waals surface area contributed by atoms with Crippen LogP contribution < -0.4 is 10.0 Å². The molecule has 0 amide bonds. The van der Waals surface area contributed by atoms with Crippen LogP contribution in [0.1, 0.15) is 35.7 Å². The quantitative estimate of drug-likeness (QED) is 0.402. The third-order valence-corrected chi connectivity index (χ3v) is 6.07. The van der Waals surface area contributed by atoms with Crippen molar-refractivity contribution in [2.24, 2.45) is 0 Å². The second kappa shape index (κ2) is 8.23. The van der Waals surface area contributed by atoms with Gasteiger partial charge in [-0.1, -0.05) is 18.1 Å². The van der Waals surface area contributed by atoms with Gasteiger partial charge in [0.1, 0.15) is 0 Å². The lowest BCUT2D eigenvalue weighted by Crippen LogP contribution is -2.26. The largest absolute Gasteiger partial charge is 0.395 e. The van der Waals surface area contributed by atoms with Crippen molar-refractivity contribution in [3.8, 4) is 23.7 Å². The summed E-state index contributed by atoms with van der Waals surface area (Å²) in [5.41, 5.74) is 2.04. The number of benzene rings is 1. The first-order valence-electron chi connectivity index (χ1n) is 9.37. The molecule has 0 bridgehead atoms. The van der Waals surface area contributed by atoms with Crippen molar-refractivity contribution in [3.63, 3.8) is 0 Å². The van der Waals surface area contributed by atoms with Gasteiger partial charge in [0.2, 0.25) is 10.0 Å². The van der Waals surface area contributed by atoms with Gasteiger partial charge < -0.3 is 10.4 Å². The molecular formula is C20H28N6O3S. The number of hydrogen-bond acceptors (Lipinski definition) is 7. The molecule has 0 unspecified atom stereocenters. The molecule has 4 rings (SSSR count). The molecule has 1 fully saturated rings. The molecule has 0 spiro atoms. The molecule has 3 aromatic rings. The van der Waals surface area contributed by atoms with Crippen LogP contribution in [0, 0.1) is 12.3 Å². The van der Waals surface area contributed by atoms with Crippen LogP contribution in [0.25, 0.3) is 11.4 Å². The first-order valence-corrected chi connectivity index (χ1v) is 10.9. The highest BCUT2D eigenvalue weighted by molar-refractivity contribution is 7.89. The van der Waals surface area contributed by atoms with E-state index in [2.05, 4.69) is 36.1 Å². The van der Waals surface area contributed by atoms with Crippen molar-refractivity contribution < 1.29 is 19.2 Å². The number of rotatable bonds is 8. The zero-order valence-corrected chi connectivity index (χ0v) is 16.8. The Hall–Kier alpha value is -3.26. The van der Waals surface area contributed by atoms with Gasteiger partial charge in [-0.05, 0) is 25.0 Å². The molecule has 0 atom stereocenters. The molecular weight excluding hydrogens is 404 g/mol. The molecule has 1 aliphatic rings. The summed E-state index contributed by atoms with van der Waals surface area (Å²) >= 11 is 0. The Kier molecular flexibility index (Phi) is 5.50. The van der Waals surface area contributed by atoms with Crippen molar-refractivity contribution in [1.82, 2.24) is 24.9 Å². The number of hydrogen-bond donors (Lipinski definition) is 4. The standard InChI is InChI=1S/C20H20N6O3S.4H2/c1-2-13-12-21-19(15-4-3-5-16(10-15)30(28,29)22-8-9-27)24-20(13)23-18-11-17(25-26-18)14-6-7-14;;;;/h1,3-5,10-12,14,22,27H,6-9H2,(H2,21,23,24,25,26);4*1H. The fraction of sp³-hybridized carbons (Fsp3) is 0.250. The van der Waals surface area contributed by atoms with E-state index < -0.39 is 10.0 Å². The maximum absolute atomic E-state index is 12.3. The summed E-state index contributed by atoms with van der Waals surface area (Å²) in [6.45, 7) is -0.360. The Morgan fingerprint density at radius 3 is 2.90 bits per heavy atom. The molecule has 0 saturated heterocycles. The van der Waals surface area contributed by atoms with Crippen molar-refractivity contribution in [2.75, 3.05) is 18.5 Å². The topological polar surface area (TPSA) is 133 Å². The molecule has 30 heavy (non-hydrogen) atoms. The third kappa shape index (κ3) is 4.33. The van der Waals surface area contributed by atoms with Gasteiger partial charge in [0.05, 0.1) is 17.1 Å². The minimum atomic E-state index is -3.75. The minimum Gasteiger partial charge on any atom is -0.395 e. The smallest absolute Gasteiger partial charge is 0.240 e. The number of nitrogens with zero attached hydrogens (tertiary/aromatic N) is 3. The van der Waals surface area contributed by atoms with Gasteiger partial charge in [-0.2, -0.15) is 5.10 Å². The lowest BCUT2D eigenvalue weighted by atomic mass is 10.2. The minimum absolute atomic E-state index is 0. The zero-order valence-electron chi connectivity index (χ0n) is 16.0. The highest BCUT2D eigenvalue weighted by atomic mass is 32.2. The summed E-state index contributed by atoms with van der Waals surface area (Å²) in [6.07, 6.45) is 9.39. The number of terminal acetylenes is 1. The van der Waals surface area contributed by atoms with E-state index in [-0.39, 0.29) is 23.8 Å². The van der Waals surface area contributed by atoms with Gasteiger partial charge in [0.15, 0.2) is 17.5 Å². The number of aliphatic hydroxyl groups excluding tert-OH is 1. The molecule has 1 aliphatic carbocycles. The van der Waals surface area contributed by atoms with Crippen LogP contribution in [-0.2, 0) is 10.0 Å². The molecule has 1 aromatic carbocycles. The van der Waals surface area contributed by atoms with Crippen LogP contribution in [-0.4, -0.2) is 46.8 Å². The van der Waals surface area contributed by atoms with Crippen molar-refractivity contribution in [3.05, 3.63) is 47.8 Å². The normalized spacial score (nSPS) is 13.7. The van der Waals surface area contributed by atoms with Gasteiger partial charge in [0.25, 0.3) is 0 Å². The third-order valence-electron chi connectivity index (χ3n) is 4.61. The van der Waals surface area contributed by atoms with Crippen LogP contribution in [0.2, 0.25) is 0 Å². The Balaban J connectivity index is 0.00000272. The second-order valence-corrected chi connectivity index (χ2v) is 8.62. The van der Waals surface area contributed by atoms with Crippen molar-refractivity contribution in [1.29, 1.82) is 0 Å². The highest BCUT2D eigenvalue weighted by Gasteiger charge is 2.25. The number of anilines is 2. The zero-order chi connectivity index (χ0) is 21.1. The van der Waals surface area contributed by atoms with Crippen LogP contribution in [0.4, 0.5) is 11.6 Å². The number of aromatic amines is 1. The van der Waals surface area contributed by atoms with E-state index in [1.807, 2.05) is 6.07 Å². The van der Waals surface area contributed by atoms with Crippen LogP contribution in [0.5, 0.6) is 0 Å². The summed E-state index contributed by atoms with van der Waals surface area (Å²) in [5, 5.41) is 19.2. The molecule has 2 aromatic heterocycles. The van der Waals surface area contributed by atoms with Gasteiger partial charge >= 0.3 is 0 Å². The Labute approximate surface area is 180 Å². The van der Waals surface area contributed by atoms with Gasteiger partial charge in [-0.15, -0.1) is 6.42 Å². The monoisotopic (exact) mass is 432 g/mol. The number of nitrogens with one attached hydrogen (secondary N) is 3. The molecule has 0 aliphatic heterocycles. The molecule has 162 valence electrons. The van der Waals surface area contributed by atoms with Crippen LogP contribution in [0.15, 0.2) is 41.4 Å². The summed E-state index contributed by atoms with van der Waals surface area (Å²) in [7, 11) is -3.75. The number of aromatic nitrogens is 4. The first-order chi connectivity index (χ1) is 14.5. The molecule has 4 N–H and O–H groups in total. The maximum Gasteiger partial charge on any atom is 0.240 e. The molecule has 0 radical (unpaired) electrons. The fourth-order valence-corrected chi connectivity index (χ4v) is 3.98. The van der Waals surface area contributed by atoms with Crippen LogP contribution in [0.3, 0.4) is 0 Å². The summed E-state index contributed by atoms with van der Waals surface area (Å²) in [5.74, 6) is 4.39. The Morgan fingerprint density at radius 1 is 1.33 bits per heavy atom. The predicted octanol–water partition coefficient (Wildman–Crippen LogP) is 2.72. The summed E-state index contributed by atoms with van der Waals surface area (Å²) in [4.78, 5) is 8.81. The van der Waals surface area contributed by atoms with E-state index in [1.54, 1.807) is 12.1 Å². The Bertz CT molecular complexity index is 1230. The van der Waals surface area contributed by atoms with Gasteiger partial charge in [0, 0.05) is 41.7 Å². The predicted molar refractivity (Wildman–Crippen MR) is 120 cm³/mol. The van der Waals surface area contributed by atoms with E-state index in [4.69, 9.17) is 11.5 Å². The van der Waals surface area contributed by atoms with E-state index in [0.717, 1.165) is 18.5 Å². The lowest BCUT2D eigenvalue weighted by molar-refractivity contribution is 0.301. The average molecular weight is 433 g/mol. The number of aliphatic hydroxyl groups is 1. The van der Waals surface area contributed by atoms with E-state index in [1.165, 1.54) is 18.3 Å².